The number of nitrogens with zero attached hydrogens (tertiary/aromatic N) is 5. The molecule has 0 unspecified atom stereocenters. The molecule has 0 spiro atoms. The second-order valence-electron chi connectivity index (χ2n) is 5.31. The van der Waals surface area contributed by atoms with Crippen molar-refractivity contribution in [1.29, 1.82) is 0 Å². The number of rotatable bonds is 8. The monoisotopic (exact) mass is 389 g/mol. The van der Waals surface area contributed by atoms with Crippen molar-refractivity contribution in [3.05, 3.63) is 64.6 Å². The molecule has 0 aliphatic rings. The summed E-state index contributed by atoms with van der Waals surface area (Å²) < 4.78 is 7.83. The molecule has 0 aliphatic carbocycles. The van der Waals surface area contributed by atoms with Crippen LogP contribution in [0.1, 0.15) is 4.88 Å². The molecule has 0 bridgehead atoms. The summed E-state index contributed by atoms with van der Waals surface area (Å²) in [4.78, 5) is 15.1. The van der Waals surface area contributed by atoms with Crippen molar-refractivity contribution in [3.8, 4) is 11.4 Å². The number of ether oxygens (including phenoxy) is 1. The molecule has 0 saturated heterocycles. The van der Waals surface area contributed by atoms with E-state index in [1.165, 1.54) is 22.3 Å². The normalized spacial score (nSPS) is 10.5. The number of tetrazole rings is 1. The lowest BCUT2D eigenvalue weighted by Gasteiger charge is -2.20. The molecular weight excluding hydrogens is 374 g/mol. The molecule has 1 aromatic carbocycles. The fraction of sp³-hybridized carbons (Fsp3) is 0.176. The number of thiophene rings is 1. The van der Waals surface area contributed by atoms with E-state index in [0.29, 0.717) is 23.2 Å². The molecule has 134 valence electrons. The van der Waals surface area contributed by atoms with E-state index in [1.54, 1.807) is 23.1 Å². The SMILES string of the molecule is C=CCN(Cc1ccc(Cl)s1)C(=O)COc1ccc(-n2cnnn2)cc1. The van der Waals surface area contributed by atoms with Crippen LogP contribution in [-0.2, 0) is 11.3 Å². The van der Waals surface area contributed by atoms with E-state index in [2.05, 4.69) is 22.1 Å². The largest absolute Gasteiger partial charge is 0.484 e. The van der Waals surface area contributed by atoms with Gasteiger partial charge in [-0.25, -0.2) is 4.68 Å². The van der Waals surface area contributed by atoms with Crippen LogP contribution in [0.15, 0.2) is 55.4 Å². The third-order valence-corrected chi connectivity index (χ3v) is 4.71. The minimum absolute atomic E-state index is 0.0584. The fourth-order valence-corrected chi connectivity index (χ4v) is 3.35. The van der Waals surface area contributed by atoms with Crippen molar-refractivity contribution in [1.82, 2.24) is 25.1 Å². The summed E-state index contributed by atoms with van der Waals surface area (Å²) in [6.07, 6.45) is 3.19. The number of carbonyl (C=O) groups excluding carboxylic acids is 1. The van der Waals surface area contributed by atoms with Crippen molar-refractivity contribution in [3.63, 3.8) is 0 Å². The van der Waals surface area contributed by atoms with E-state index in [-0.39, 0.29) is 12.5 Å². The number of halogens is 1. The highest BCUT2D eigenvalue weighted by molar-refractivity contribution is 7.16. The van der Waals surface area contributed by atoms with Gasteiger partial charge in [0.05, 0.1) is 16.6 Å². The van der Waals surface area contributed by atoms with Crippen LogP contribution in [0.25, 0.3) is 5.69 Å². The van der Waals surface area contributed by atoms with E-state index in [1.807, 2.05) is 24.3 Å². The van der Waals surface area contributed by atoms with Gasteiger partial charge in [-0.3, -0.25) is 4.79 Å². The highest BCUT2D eigenvalue weighted by Gasteiger charge is 2.14. The molecule has 0 atom stereocenters. The van der Waals surface area contributed by atoms with Crippen molar-refractivity contribution in [2.45, 2.75) is 6.54 Å². The van der Waals surface area contributed by atoms with Crippen LogP contribution in [0.2, 0.25) is 4.34 Å². The van der Waals surface area contributed by atoms with Gasteiger partial charge >= 0.3 is 0 Å². The second-order valence-corrected chi connectivity index (χ2v) is 7.11. The Hall–Kier alpha value is -2.71. The maximum Gasteiger partial charge on any atom is 0.261 e. The molecule has 0 N–H and O–H groups in total. The molecule has 0 fully saturated rings. The Kier molecular flexibility index (Phi) is 5.98. The average Bonchev–Trinajstić information content (AvgIpc) is 3.32. The number of hydrogen-bond donors (Lipinski definition) is 0. The van der Waals surface area contributed by atoms with Crippen LogP contribution in [0, 0.1) is 0 Å². The molecule has 7 nitrogen and oxygen atoms in total. The van der Waals surface area contributed by atoms with Crippen molar-refractivity contribution < 1.29 is 9.53 Å². The Morgan fingerprint density at radius 3 is 2.73 bits per heavy atom. The van der Waals surface area contributed by atoms with Gasteiger partial charge in [-0.1, -0.05) is 17.7 Å². The Balaban J connectivity index is 1.58. The Labute approximate surface area is 159 Å². The quantitative estimate of drug-likeness (QED) is 0.554. The maximum atomic E-state index is 12.5. The molecule has 0 radical (unpaired) electrons. The minimum atomic E-state index is -0.126. The number of carbonyl (C=O) groups is 1. The van der Waals surface area contributed by atoms with Gasteiger partial charge in [-0.2, -0.15) is 0 Å². The summed E-state index contributed by atoms with van der Waals surface area (Å²) in [5.41, 5.74) is 0.802. The summed E-state index contributed by atoms with van der Waals surface area (Å²) in [5, 5.41) is 11.0. The van der Waals surface area contributed by atoms with Gasteiger partial charge < -0.3 is 9.64 Å². The average molecular weight is 390 g/mol. The fourth-order valence-electron chi connectivity index (χ4n) is 2.25. The first-order valence-electron chi connectivity index (χ1n) is 7.75. The molecule has 3 aromatic rings. The summed E-state index contributed by atoms with van der Waals surface area (Å²) in [5.74, 6) is 0.465. The Bertz CT molecular complexity index is 864. The molecule has 0 aliphatic heterocycles. The summed E-state index contributed by atoms with van der Waals surface area (Å²) in [6.45, 7) is 4.56. The van der Waals surface area contributed by atoms with Gasteiger partial charge in [-0.05, 0) is 46.8 Å². The smallest absolute Gasteiger partial charge is 0.261 e. The van der Waals surface area contributed by atoms with Crippen molar-refractivity contribution in [2.24, 2.45) is 0 Å². The summed E-state index contributed by atoms with van der Waals surface area (Å²) >= 11 is 7.40. The van der Waals surface area contributed by atoms with Gasteiger partial charge in [0.1, 0.15) is 12.1 Å². The second kappa shape index (κ2) is 8.59. The van der Waals surface area contributed by atoms with Crippen molar-refractivity contribution >= 4 is 28.8 Å². The zero-order valence-corrected chi connectivity index (χ0v) is 15.4. The highest BCUT2D eigenvalue weighted by atomic mass is 35.5. The molecule has 9 heteroatoms. The maximum absolute atomic E-state index is 12.5. The third-order valence-electron chi connectivity index (χ3n) is 3.49. The van der Waals surface area contributed by atoms with E-state index < -0.39 is 0 Å². The zero-order valence-electron chi connectivity index (χ0n) is 13.8. The van der Waals surface area contributed by atoms with E-state index in [9.17, 15) is 4.79 Å². The van der Waals surface area contributed by atoms with Gasteiger partial charge in [0.15, 0.2) is 6.61 Å². The van der Waals surface area contributed by atoms with E-state index in [4.69, 9.17) is 16.3 Å². The molecule has 0 saturated carbocycles. The van der Waals surface area contributed by atoms with Gasteiger partial charge in [0.25, 0.3) is 5.91 Å². The Morgan fingerprint density at radius 1 is 1.31 bits per heavy atom. The molecule has 2 heterocycles. The lowest BCUT2D eigenvalue weighted by molar-refractivity contribution is -0.133. The first-order chi connectivity index (χ1) is 12.7. The predicted molar refractivity (Wildman–Crippen MR) is 99.6 cm³/mol. The van der Waals surface area contributed by atoms with Crippen LogP contribution in [0.3, 0.4) is 0 Å². The molecule has 3 rings (SSSR count). The van der Waals surface area contributed by atoms with E-state index >= 15 is 0 Å². The molecule has 2 aromatic heterocycles. The number of hydrogen-bond acceptors (Lipinski definition) is 6. The standard InChI is InChI=1S/C17H16ClN5O2S/c1-2-9-22(10-15-7-8-16(18)26-15)17(24)11-25-14-5-3-13(4-6-14)23-12-19-20-21-23/h2-8,12H,1,9-11H2. The first kappa shape index (κ1) is 18.1. The van der Waals surface area contributed by atoms with Gasteiger partial charge in [0, 0.05) is 11.4 Å². The zero-order chi connectivity index (χ0) is 18.4. The molecular formula is C17H16ClN5O2S. The third kappa shape index (κ3) is 4.68. The Morgan fingerprint density at radius 2 is 2.12 bits per heavy atom. The van der Waals surface area contributed by atoms with Crippen LogP contribution < -0.4 is 4.74 Å². The van der Waals surface area contributed by atoms with Gasteiger partial charge in [-0.15, -0.1) is 23.0 Å². The molecule has 26 heavy (non-hydrogen) atoms. The number of benzene rings is 1. The van der Waals surface area contributed by atoms with Crippen LogP contribution >= 0.6 is 22.9 Å². The topological polar surface area (TPSA) is 73.1 Å². The summed E-state index contributed by atoms with van der Waals surface area (Å²) in [6, 6.07) is 10.9. The van der Waals surface area contributed by atoms with Crippen LogP contribution in [0.4, 0.5) is 0 Å². The van der Waals surface area contributed by atoms with Crippen molar-refractivity contribution in [2.75, 3.05) is 13.2 Å². The van der Waals surface area contributed by atoms with Gasteiger partial charge in [0.2, 0.25) is 0 Å². The first-order valence-corrected chi connectivity index (χ1v) is 8.94. The van der Waals surface area contributed by atoms with Crippen LogP contribution in [0.5, 0.6) is 5.75 Å². The minimum Gasteiger partial charge on any atom is -0.484 e. The highest BCUT2D eigenvalue weighted by Crippen LogP contribution is 2.23. The number of aromatic nitrogens is 4. The van der Waals surface area contributed by atoms with Crippen LogP contribution in [-0.4, -0.2) is 44.2 Å². The molecule has 1 amide bonds. The summed E-state index contributed by atoms with van der Waals surface area (Å²) in [7, 11) is 0. The number of amides is 1. The lowest BCUT2D eigenvalue weighted by Crippen LogP contribution is -2.34. The lowest BCUT2D eigenvalue weighted by atomic mass is 10.3. The van der Waals surface area contributed by atoms with E-state index in [0.717, 1.165) is 10.6 Å². The predicted octanol–water partition coefficient (Wildman–Crippen LogP) is 2.97.